The Morgan fingerprint density at radius 1 is 1.10 bits per heavy atom. The van der Waals surface area contributed by atoms with Crippen LogP contribution in [0.1, 0.15) is 58.3 Å². The molecule has 0 radical (unpaired) electrons. The van der Waals surface area contributed by atoms with Crippen LogP contribution in [0.5, 0.6) is 0 Å². The van der Waals surface area contributed by atoms with Crippen LogP contribution < -0.4 is 0 Å². The summed E-state index contributed by atoms with van der Waals surface area (Å²) in [4.78, 5) is 11.6. The summed E-state index contributed by atoms with van der Waals surface area (Å²) in [5, 5.41) is 10.4. The quantitative estimate of drug-likeness (QED) is 0.734. The fourth-order valence-electron chi connectivity index (χ4n) is 6.15. The summed E-state index contributed by atoms with van der Waals surface area (Å²) in [6.07, 6.45) is 10.9. The molecule has 3 saturated carbocycles. The molecule has 20 heavy (non-hydrogen) atoms. The molecule has 2 heteroatoms. The number of hydrogen-bond donors (Lipinski definition) is 1. The van der Waals surface area contributed by atoms with Gasteiger partial charge in [0.15, 0.2) is 5.78 Å². The molecule has 0 bridgehead atoms. The Kier molecular flexibility index (Phi) is 2.89. The van der Waals surface area contributed by atoms with E-state index in [1.165, 1.54) is 31.3 Å². The van der Waals surface area contributed by atoms with E-state index in [4.69, 9.17) is 0 Å². The first-order valence-corrected chi connectivity index (χ1v) is 8.51. The molecule has 6 atom stereocenters. The van der Waals surface area contributed by atoms with Crippen molar-refractivity contribution in [3.05, 3.63) is 11.6 Å². The van der Waals surface area contributed by atoms with Gasteiger partial charge in [-0.3, -0.25) is 4.79 Å². The van der Waals surface area contributed by atoms with Gasteiger partial charge in [0.2, 0.25) is 0 Å². The van der Waals surface area contributed by atoms with Gasteiger partial charge in [-0.25, -0.2) is 0 Å². The molecule has 0 amide bonds. The Hall–Kier alpha value is -0.630. The molecule has 0 saturated heterocycles. The van der Waals surface area contributed by atoms with Gasteiger partial charge >= 0.3 is 0 Å². The minimum Gasteiger partial charge on any atom is -0.393 e. The molecule has 4 aliphatic carbocycles. The lowest BCUT2D eigenvalue weighted by Crippen LogP contribution is -2.47. The molecular formula is C18H26O2. The number of allylic oxidation sites excluding steroid dienone is 1. The van der Waals surface area contributed by atoms with Gasteiger partial charge in [-0.05, 0) is 80.1 Å². The number of hydrogen-bond acceptors (Lipinski definition) is 2. The maximum Gasteiger partial charge on any atom is 0.155 e. The largest absolute Gasteiger partial charge is 0.393 e. The Morgan fingerprint density at radius 3 is 2.80 bits per heavy atom. The number of rotatable bonds is 0. The fraction of sp³-hybridized carbons (Fsp3) is 0.833. The monoisotopic (exact) mass is 274 g/mol. The van der Waals surface area contributed by atoms with Gasteiger partial charge in [0.25, 0.3) is 0 Å². The number of aliphatic hydroxyl groups is 1. The van der Waals surface area contributed by atoms with Crippen LogP contribution in [-0.4, -0.2) is 17.0 Å². The van der Waals surface area contributed by atoms with Crippen molar-refractivity contribution in [1.82, 2.24) is 0 Å². The summed E-state index contributed by atoms with van der Waals surface area (Å²) in [6, 6.07) is 0. The van der Waals surface area contributed by atoms with Crippen LogP contribution in [0.2, 0.25) is 0 Å². The molecule has 0 aromatic carbocycles. The average molecular weight is 274 g/mol. The van der Waals surface area contributed by atoms with Crippen molar-refractivity contribution in [2.75, 3.05) is 0 Å². The summed E-state index contributed by atoms with van der Waals surface area (Å²) in [5.41, 5.74) is 1.65. The third-order valence-electron chi connectivity index (χ3n) is 7.25. The van der Waals surface area contributed by atoms with Crippen LogP contribution in [0, 0.1) is 29.1 Å². The van der Waals surface area contributed by atoms with E-state index in [0.29, 0.717) is 11.7 Å². The van der Waals surface area contributed by atoms with Gasteiger partial charge < -0.3 is 5.11 Å². The first kappa shape index (κ1) is 13.1. The molecule has 0 aromatic heterocycles. The highest BCUT2D eigenvalue weighted by Crippen LogP contribution is 2.61. The highest BCUT2D eigenvalue weighted by Gasteiger charge is 2.55. The second-order valence-corrected chi connectivity index (χ2v) is 7.94. The SMILES string of the molecule is C[C@]12CC[C@H]3[C@H](CCC4=CC(=O)CC[C@H]43)[C@H]1CC[C@H]2O. The van der Waals surface area contributed by atoms with Crippen molar-refractivity contribution in [1.29, 1.82) is 0 Å². The molecule has 110 valence electrons. The number of carbonyl (C=O) groups excluding carboxylic acids is 1. The summed E-state index contributed by atoms with van der Waals surface area (Å²) >= 11 is 0. The van der Waals surface area contributed by atoms with Crippen LogP contribution in [0.4, 0.5) is 0 Å². The lowest BCUT2D eigenvalue weighted by Gasteiger charge is -2.53. The zero-order valence-corrected chi connectivity index (χ0v) is 12.5. The van der Waals surface area contributed by atoms with Crippen LogP contribution in [0.3, 0.4) is 0 Å². The second kappa shape index (κ2) is 4.43. The van der Waals surface area contributed by atoms with E-state index in [0.717, 1.165) is 43.4 Å². The third-order valence-corrected chi connectivity index (χ3v) is 7.25. The summed E-state index contributed by atoms with van der Waals surface area (Å²) in [7, 11) is 0. The Balaban J connectivity index is 1.63. The molecule has 3 fully saturated rings. The molecular weight excluding hydrogens is 248 g/mol. The van der Waals surface area contributed by atoms with E-state index >= 15 is 0 Å². The van der Waals surface area contributed by atoms with Crippen LogP contribution in [0.15, 0.2) is 11.6 Å². The summed E-state index contributed by atoms with van der Waals surface area (Å²) in [6.45, 7) is 2.33. The van der Waals surface area contributed by atoms with Gasteiger partial charge in [0, 0.05) is 6.42 Å². The van der Waals surface area contributed by atoms with Crippen molar-refractivity contribution in [3.63, 3.8) is 0 Å². The van der Waals surface area contributed by atoms with Crippen molar-refractivity contribution in [2.24, 2.45) is 29.1 Å². The highest BCUT2D eigenvalue weighted by atomic mass is 16.3. The van der Waals surface area contributed by atoms with Crippen molar-refractivity contribution in [2.45, 2.75) is 64.4 Å². The predicted octanol–water partition coefficient (Wildman–Crippen LogP) is 3.49. The average Bonchev–Trinajstić information content (AvgIpc) is 2.74. The van der Waals surface area contributed by atoms with Gasteiger partial charge in [-0.2, -0.15) is 0 Å². The normalized spacial score (nSPS) is 51.0. The lowest BCUT2D eigenvalue weighted by atomic mass is 9.52. The maximum absolute atomic E-state index is 11.6. The zero-order valence-electron chi connectivity index (χ0n) is 12.5. The molecule has 0 heterocycles. The smallest absolute Gasteiger partial charge is 0.155 e. The Bertz CT molecular complexity index is 466. The molecule has 4 aliphatic rings. The molecule has 0 unspecified atom stereocenters. The summed E-state index contributed by atoms with van der Waals surface area (Å²) in [5.74, 6) is 3.38. The number of aliphatic hydroxyl groups excluding tert-OH is 1. The van der Waals surface area contributed by atoms with Crippen molar-refractivity contribution in [3.8, 4) is 0 Å². The highest BCUT2D eigenvalue weighted by molar-refractivity contribution is 5.91. The summed E-state index contributed by atoms with van der Waals surface area (Å²) < 4.78 is 0. The Morgan fingerprint density at radius 2 is 1.95 bits per heavy atom. The lowest BCUT2D eigenvalue weighted by molar-refractivity contribution is -0.116. The Labute approximate surface area is 121 Å². The molecule has 0 aromatic rings. The zero-order chi connectivity index (χ0) is 13.9. The standard InChI is InChI=1S/C18H26O2/c1-18-9-8-14-13-5-3-12(19)10-11(13)2-4-15(14)16(18)6-7-17(18)20/h10,13-17,20H,2-9H2,1H3/t13-,14-,15+,16-,17-,18+/m1/s1. The van der Waals surface area contributed by atoms with E-state index in [1.807, 2.05) is 6.08 Å². The van der Waals surface area contributed by atoms with Gasteiger partial charge in [0.1, 0.15) is 0 Å². The van der Waals surface area contributed by atoms with E-state index < -0.39 is 0 Å². The molecule has 4 rings (SSSR count). The molecule has 2 nitrogen and oxygen atoms in total. The number of carbonyl (C=O) groups is 1. The molecule has 0 aliphatic heterocycles. The van der Waals surface area contributed by atoms with E-state index in [9.17, 15) is 9.90 Å². The predicted molar refractivity (Wildman–Crippen MR) is 78.1 cm³/mol. The minimum atomic E-state index is -0.0710. The van der Waals surface area contributed by atoms with E-state index in [-0.39, 0.29) is 11.5 Å². The van der Waals surface area contributed by atoms with Gasteiger partial charge in [0.05, 0.1) is 6.10 Å². The van der Waals surface area contributed by atoms with Gasteiger partial charge in [-0.1, -0.05) is 12.5 Å². The van der Waals surface area contributed by atoms with Crippen LogP contribution in [-0.2, 0) is 4.79 Å². The second-order valence-electron chi connectivity index (χ2n) is 7.94. The number of fused-ring (bicyclic) bond motifs is 5. The fourth-order valence-corrected chi connectivity index (χ4v) is 6.15. The minimum absolute atomic E-state index is 0.0710. The topological polar surface area (TPSA) is 37.3 Å². The van der Waals surface area contributed by atoms with Gasteiger partial charge in [-0.15, -0.1) is 0 Å². The van der Waals surface area contributed by atoms with E-state index in [1.54, 1.807) is 0 Å². The number of ketones is 1. The van der Waals surface area contributed by atoms with Crippen molar-refractivity contribution < 1.29 is 9.90 Å². The van der Waals surface area contributed by atoms with Crippen molar-refractivity contribution >= 4 is 5.78 Å². The van der Waals surface area contributed by atoms with Crippen LogP contribution >= 0.6 is 0 Å². The first-order chi connectivity index (χ1) is 9.59. The first-order valence-electron chi connectivity index (χ1n) is 8.51. The van der Waals surface area contributed by atoms with Crippen LogP contribution in [0.25, 0.3) is 0 Å². The third kappa shape index (κ3) is 1.70. The van der Waals surface area contributed by atoms with E-state index in [2.05, 4.69) is 6.92 Å². The maximum atomic E-state index is 11.6. The molecule has 0 spiro atoms. The molecule has 1 N–H and O–H groups in total.